The number of benzene rings is 3. The fraction of sp³-hybridized carbons (Fsp3) is 0.0476. The molecule has 0 amide bonds. The summed E-state index contributed by atoms with van der Waals surface area (Å²) in [5.41, 5.74) is 4.29. The van der Waals surface area contributed by atoms with Crippen molar-refractivity contribution in [3.05, 3.63) is 88.5 Å². The van der Waals surface area contributed by atoms with Crippen LogP contribution in [0.2, 0.25) is 0 Å². The molecular weight excluding hydrogens is 300 g/mol. The highest BCUT2D eigenvalue weighted by molar-refractivity contribution is 6.28. The zero-order valence-electron chi connectivity index (χ0n) is 13.0. The van der Waals surface area contributed by atoms with Crippen molar-refractivity contribution in [2.45, 2.75) is 6.92 Å². The molecule has 0 bridgehead atoms. The Balaban J connectivity index is 1.88. The van der Waals surface area contributed by atoms with Crippen molar-refractivity contribution in [3.63, 3.8) is 0 Å². The van der Waals surface area contributed by atoms with E-state index in [-0.39, 0.29) is 17.3 Å². The van der Waals surface area contributed by atoms with Crippen molar-refractivity contribution in [1.82, 2.24) is 0 Å². The van der Waals surface area contributed by atoms with E-state index in [0.717, 1.165) is 16.7 Å². The van der Waals surface area contributed by atoms with E-state index in [2.05, 4.69) is 0 Å². The SMILES string of the molecule is Cc1cc(-c2ccc3c(c2)C(=O)c2ccccc2C3=O)ccc1O. The summed E-state index contributed by atoms with van der Waals surface area (Å²) in [7, 11) is 0. The lowest BCUT2D eigenvalue weighted by molar-refractivity contribution is 0.0979. The monoisotopic (exact) mass is 314 g/mol. The fourth-order valence-electron chi connectivity index (χ4n) is 3.11. The van der Waals surface area contributed by atoms with E-state index >= 15 is 0 Å². The molecule has 3 aromatic rings. The molecular formula is C21H14O3. The van der Waals surface area contributed by atoms with Gasteiger partial charge in [-0.15, -0.1) is 0 Å². The van der Waals surface area contributed by atoms with Crippen molar-refractivity contribution in [1.29, 1.82) is 0 Å². The standard InChI is InChI=1S/C21H14O3/c1-12-10-13(7-9-19(12)22)14-6-8-17-18(11-14)21(24)16-5-3-2-4-15(16)20(17)23/h2-11,22H,1H3. The minimum absolute atomic E-state index is 0.117. The normalized spacial score (nSPS) is 12.7. The molecule has 4 rings (SSSR count). The highest BCUT2D eigenvalue weighted by Gasteiger charge is 2.29. The summed E-state index contributed by atoms with van der Waals surface area (Å²) in [4.78, 5) is 25.4. The number of phenolic OH excluding ortho intramolecular Hbond substituents is 1. The molecule has 0 spiro atoms. The first-order valence-electron chi connectivity index (χ1n) is 7.69. The summed E-state index contributed by atoms with van der Waals surface area (Å²) in [6.45, 7) is 1.82. The Labute approximate surface area is 139 Å². The van der Waals surface area contributed by atoms with Crippen LogP contribution >= 0.6 is 0 Å². The number of rotatable bonds is 1. The van der Waals surface area contributed by atoms with Crippen LogP contribution in [0, 0.1) is 6.92 Å². The molecule has 0 heterocycles. The molecule has 3 heteroatoms. The molecule has 0 unspecified atom stereocenters. The number of carbonyl (C=O) groups is 2. The minimum atomic E-state index is -0.127. The van der Waals surface area contributed by atoms with E-state index in [1.807, 2.05) is 19.1 Å². The Bertz CT molecular complexity index is 1020. The van der Waals surface area contributed by atoms with Crippen LogP contribution in [0.25, 0.3) is 11.1 Å². The summed E-state index contributed by atoms with van der Waals surface area (Å²) in [6.07, 6.45) is 0. The highest BCUT2D eigenvalue weighted by Crippen LogP contribution is 2.32. The van der Waals surface area contributed by atoms with Gasteiger partial charge >= 0.3 is 0 Å². The fourth-order valence-corrected chi connectivity index (χ4v) is 3.11. The topological polar surface area (TPSA) is 54.4 Å². The van der Waals surface area contributed by atoms with Gasteiger partial charge in [-0.25, -0.2) is 0 Å². The van der Waals surface area contributed by atoms with Gasteiger partial charge in [-0.05, 0) is 47.9 Å². The number of fused-ring (bicyclic) bond motifs is 2. The van der Waals surface area contributed by atoms with E-state index in [1.54, 1.807) is 48.5 Å². The third kappa shape index (κ3) is 2.06. The van der Waals surface area contributed by atoms with E-state index in [1.165, 1.54) is 0 Å². The maximum absolute atomic E-state index is 12.8. The predicted octanol–water partition coefficient (Wildman–Crippen LogP) is 4.14. The Hall–Kier alpha value is -3.20. The molecule has 0 saturated carbocycles. The van der Waals surface area contributed by atoms with Gasteiger partial charge in [0.2, 0.25) is 0 Å². The van der Waals surface area contributed by atoms with Crippen LogP contribution < -0.4 is 0 Å². The van der Waals surface area contributed by atoms with Crippen LogP contribution in [0.5, 0.6) is 5.75 Å². The second-order valence-electron chi connectivity index (χ2n) is 5.97. The summed E-state index contributed by atoms with van der Waals surface area (Å²) in [6, 6.07) is 17.5. The van der Waals surface area contributed by atoms with E-state index in [4.69, 9.17) is 0 Å². The maximum Gasteiger partial charge on any atom is 0.194 e. The predicted molar refractivity (Wildman–Crippen MR) is 91.6 cm³/mol. The first-order chi connectivity index (χ1) is 11.6. The van der Waals surface area contributed by atoms with Crippen molar-refractivity contribution in [3.8, 4) is 16.9 Å². The number of carbonyl (C=O) groups excluding carboxylic acids is 2. The molecule has 0 saturated heterocycles. The second-order valence-corrected chi connectivity index (χ2v) is 5.97. The number of hydrogen-bond donors (Lipinski definition) is 1. The van der Waals surface area contributed by atoms with Gasteiger partial charge < -0.3 is 5.11 Å². The van der Waals surface area contributed by atoms with Gasteiger partial charge in [0, 0.05) is 22.3 Å². The van der Waals surface area contributed by atoms with Gasteiger partial charge in [0.25, 0.3) is 0 Å². The van der Waals surface area contributed by atoms with Crippen molar-refractivity contribution in [2.75, 3.05) is 0 Å². The van der Waals surface area contributed by atoms with E-state index in [9.17, 15) is 14.7 Å². The van der Waals surface area contributed by atoms with Crippen molar-refractivity contribution >= 4 is 11.6 Å². The third-order valence-electron chi connectivity index (χ3n) is 4.46. The number of ketones is 2. The largest absolute Gasteiger partial charge is 0.508 e. The number of aryl methyl sites for hydroxylation is 1. The number of aromatic hydroxyl groups is 1. The van der Waals surface area contributed by atoms with Crippen LogP contribution in [-0.2, 0) is 0 Å². The Kier molecular flexibility index (Phi) is 3.10. The molecule has 1 aliphatic carbocycles. The van der Waals surface area contributed by atoms with Crippen LogP contribution in [0.3, 0.4) is 0 Å². The Morgan fingerprint density at radius 3 is 1.88 bits per heavy atom. The summed E-state index contributed by atoms with van der Waals surface area (Å²) in [5.74, 6) is -0.0110. The smallest absolute Gasteiger partial charge is 0.194 e. The minimum Gasteiger partial charge on any atom is -0.508 e. The lowest BCUT2D eigenvalue weighted by Gasteiger charge is -2.18. The van der Waals surface area contributed by atoms with Crippen molar-refractivity contribution < 1.29 is 14.7 Å². The van der Waals surface area contributed by atoms with Crippen LogP contribution in [-0.4, -0.2) is 16.7 Å². The average molecular weight is 314 g/mol. The van der Waals surface area contributed by atoms with E-state index < -0.39 is 0 Å². The second kappa shape index (κ2) is 5.17. The highest BCUT2D eigenvalue weighted by atomic mass is 16.3. The average Bonchev–Trinajstić information content (AvgIpc) is 2.61. The molecule has 116 valence electrons. The van der Waals surface area contributed by atoms with Crippen LogP contribution in [0.1, 0.15) is 37.4 Å². The summed E-state index contributed by atoms with van der Waals surface area (Å²) >= 11 is 0. The summed E-state index contributed by atoms with van der Waals surface area (Å²) < 4.78 is 0. The lowest BCUT2D eigenvalue weighted by Crippen LogP contribution is -2.20. The van der Waals surface area contributed by atoms with Gasteiger partial charge in [0.05, 0.1) is 0 Å². The molecule has 24 heavy (non-hydrogen) atoms. The van der Waals surface area contributed by atoms with Gasteiger partial charge in [-0.2, -0.15) is 0 Å². The Morgan fingerprint density at radius 1 is 0.667 bits per heavy atom. The zero-order valence-corrected chi connectivity index (χ0v) is 13.0. The van der Waals surface area contributed by atoms with Gasteiger partial charge in [0.1, 0.15) is 5.75 Å². The Morgan fingerprint density at radius 2 is 1.21 bits per heavy atom. The molecule has 0 aromatic heterocycles. The van der Waals surface area contributed by atoms with Crippen LogP contribution in [0.15, 0.2) is 60.7 Å². The quantitative estimate of drug-likeness (QED) is 0.574. The van der Waals surface area contributed by atoms with Gasteiger partial charge in [-0.1, -0.05) is 36.4 Å². The van der Waals surface area contributed by atoms with Crippen LogP contribution in [0.4, 0.5) is 0 Å². The first kappa shape index (κ1) is 14.4. The molecule has 1 aliphatic rings. The molecule has 0 aliphatic heterocycles. The third-order valence-corrected chi connectivity index (χ3v) is 4.46. The molecule has 1 N–H and O–H groups in total. The maximum atomic E-state index is 12.8. The number of hydrogen-bond acceptors (Lipinski definition) is 3. The molecule has 0 fully saturated rings. The molecule has 3 nitrogen and oxygen atoms in total. The van der Waals surface area contributed by atoms with Crippen molar-refractivity contribution in [2.24, 2.45) is 0 Å². The number of phenols is 1. The summed E-state index contributed by atoms with van der Waals surface area (Å²) in [5, 5.41) is 9.67. The first-order valence-corrected chi connectivity index (χ1v) is 7.69. The molecule has 3 aromatic carbocycles. The van der Waals surface area contributed by atoms with Gasteiger partial charge in [-0.3, -0.25) is 9.59 Å². The van der Waals surface area contributed by atoms with Gasteiger partial charge in [0.15, 0.2) is 11.6 Å². The van der Waals surface area contributed by atoms with E-state index in [0.29, 0.717) is 22.3 Å². The lowest BCUT2D eigenvalue weighted by atomic mass is 9.83. The molecule has 0 radical (unpaired) electrons. The molecule has 0 atom stereocenters. The zero-order chi connectivity index (χ0) is 16.8.